The molecule has 0 bridgehead atoms. The Bertz CT molecular complexity index is 676. The summed E-state index contributed by atoms with van der Waals surface area (Å²) in [5, 5.41) is 8.07. The van der Waals surface area contributed by atoms with E-state index >= 15 is 0 Å². The third-order valence-electron chi connectivity index (χ3n) is 4.29. The van der Waals surface area contributed by atoms with Crippen molar-refractivity contribution in [2.75, 3.05) is 34.4 Å². The number of hydrogen-bond donors (Lipinski definition) is 0. The van der Waals surface area contributed by atoms with E-state index in [0.29, 0.717) is 29.1 Å². The number of benzene rings is 1. The van der Waals surface area contributed by atoms with Gasteiger partial charge in [-0.1, -0.05) is 0 Å². The molecule has 0 spiro atoms. The molecule has 1 saturated heterocycles. The van der Waals surface area contributed by atoms with Crippen LogP contribution < -0.4 is 14.2 Å². The molecule has 1 fully saturated rings. The lowest BCUT2D eigenvalue weighted by Crippen LogP contribution is -2.20. The van der Waals surface area contributed by atoms with Crippen LogP contribution in [0, 0.1) is 6.92 Å². The van der Waals surface area contributed by atoms with Crippen LogP contribution in [0.3, 0.4) is 0 Å². The Labute approximate surface area is 141 Å². The molecule has 0 N–H and O–H groups in total. The van der Waals surface area contributed by atoms with Crippen LogP contribution in [0.1, 0.15) is 29.7 Å². The molecule has 130 valence electrons. The molecule has 0 aliphatic carbocycles. The molecule has 7 heteroatoms. The lowest BCUT2D eigenvalue weighted by atomic mass is 10.1. The first-order chi connectivity index (χ1) is 11.6. The number of aromatic nitrogens is 2. The van der Waals surface area contributed by atoms with E-state index in [9.17, 15) is 0 Å². The average Bonchev–Trinajstić information content (AvgIpc) is 3.22. The van der Waals surface area contributed by atoms with Crippen LogP contribution in [-0.2, 0) is 6.54 Å². The summed E-state index contributed by atoms with van der Waals surface area (Å²) >= 11 is 0. The summed E-state index contributed by atoms with van der Waals surface area (Å²) in [6.07, 6.45) is 1.02. The van der Waals surface area contributed by atoms with Crippen LogP contribution >= 0.6 is 0 Å². The Hall–Kier alpha value is -2.28. The predicted octanol–water partition coefficient (Wildman–Crippen LogP) is 2.39. The van der Waals surface area contributed by atoms with Crippen LogP contribution in [0.15, 0.2) is 16.5 Å². The number of hydrogen-bond acceptors (Lipinski definition) is 7. The minimum atomic E-state index is 0.299. The summed E-state index contributed by atoms with van der Waals surface area (Å²) in [6.45, 7) is 4.51. The Morgan fingerprint density at radius 3 is 2.38 bits per heavy atom. The van der Waals surface area contributed by atoms with Gasteiger partial charge >= 0.3 is 0 Å². The first kappa shape index (κ1) is 16.6. The molecule has 24 heavy (non-hydrogen) atoms. The SMILES string of the molecule is COc1cc(CN2CCC(c3nnc(C)o3)C2)cc(OC)c1OC. The van der Waals surface area contributed by atoms with Crippen LogP contribution in [0.25, 0.3) is 0 Å². The number of nitrogens with zero attached hydrogens (tertiary/aromatic N) is 3. The quantitative estimate of drug-likeness (QED) is 0.804. The number of aryl methyl sites for hydroxylation is 1. The van der Waals surface area contributed by atoms with E-state index in [1.54, 1.807) is 21.3 Å². The molecule has 0 radical (unpaired) electrons. The van der Waals surface area contributed by atoms with Crippen molar-refractivity contribution in [1.29, 1.82) is 0 Å². The maximum atomic E-state index is 5.56. The maximum Gasteiger partial charge on any atom is 0.220 e. The molecule has 7 nitrogen and oxygen atoms in total. The first-order valence-corrected chi connectivity index (χ1v) is 7.95. The lowest BCUT2D eigenvalue weighted by molar-refractivity contribution is 0.309. The number of rotatable bonds is 6. The monoisotopic (exact) mass is 333 g/mol. The normalized spacial score (nSPS) is 17.9. The van der Waals surface area contributed by atoms with Crippen molar-refractivity contribution in [3.8, 4) is 17.2 Å². The van der Waals surface area contributed by atoms with Gasteiger partial charge in [-0.05, 0) is 30.7 Å². The molecule has 0 amide bonds. The second kappa shape index (κ2) is 7.09. The van der Waals surface area contributed by atoms with Crippen molar-refractivity contribution in [3.05, 3.63) is 29.5 Å². The highest BCUT2D eigenvalue weighted by molar-refractivity contribution is 5.53. The first-order valence-electron chi connectivity index (χ1n) is 7.95. The molecule has 3 rings (SSSR count). The Morgan fingerprint density at radius 1 is 1.12 bits per heavy atom. The third-order valence-corrected chi connectivity index (χ3v) is 4.29. The zero-order valence-electron chi connectivity index (χ0n) is 14.5. The minimum absolute atomic E-state index is 0.299. The van der Waals surface area contributed by atoms with E-state index in [1.807, 2.05) is 19.1 Å². The molecule has 1 unspecified atom stereocenters. The van der Waals surface area contributed by atoms with Gasteiger partial charge in [0.2, 0.25) is 17.5 Å². The van der Waals surface area contributed by atoms with E-state index in [4.69, 9.17) is 18.6 Å². The highest BCUT2D eigenvalue weighted by Crippen LogP contribution is 2.39. The highest BCUT2D eigenvalue weighted by Gasteiger charge is 2.28. The van der Waals surface area contributed by atoms with E-state index in [1.165, 1.54) is 0 Å². The van der Waals surface area contributed by atoms with Crippen molar-refractivity contribution < 1.29 is 18.6 Å². The fourth-order valence-electron chi connectivity index (χ4n) is 3.14. The van der Waals surface area contributed by atoms with Gasteiger partial charge < -0.3 is 18.6 Å². The second-order valence-electron chi connectivity index (χ2n) is 5.91. The summed E-state index contributed by atoms with van der Waals surface area (Å²) < 4.78 is 21.8. The maximum absolute atomic E-state index is 5.56. The van der Waals surface area contributed by atoms with Gasteiger partial charge in [0, 0.05) is 20.0 Å². The Morgan fingerprint density at radius 2 is 1.83 bits per heavy atom. The predicted molar refractivity (Wildman–Crippen MR) is 87.8 cm³/mol. The molecule has 0 saturated carbocycles. The van der Waals surface area contributed by atoms with Gasteiger partial charge in [-0.15, -0.1) is 10.2 Å². The van der Waals surface area contributed by atoms with Crippen LogP contribution in [0.5, 0.6) is 17.2 Å². The molecule has 2 heterocycles. The molecule has 1 aliphatic heterocycles. The molecular weight excluding hydrogens is 310 g/mol. The number of ether oxygens (including phenoxy) is 3. The average molecular weight is 333 g/mol. The smallest absolute Gasteiger partial charge is 0.220 e. The van der Waals surface area contributed by atoms with E-state index in [-0.39, 0.29) is 0 Å². The summed E-state index contributed by atoms with van der Waals surface area (Å²) in [4.78, 5) is 2.37. The van der Waals surface area contributed by atoms with Crippen molar-refractivity contribution in [2.45, 2.75) is 25.8 Å². The summed E-state index contributed by atoms with van der Waals surface area (Å²) in [5.41, 5.74) is 1.12. The zero-order valence-corrected chi connectivity index (χ0v) is 14.5. The van der Waals surface area contributed by atoms with Gasteiger partial charge in [-0.3, -0.25) is 4.90 Å². The topological polar surface area (TPSA) is 69.9 Å². The van der Waals surface area contributed by atoms with Crippen molar-refractivity contribution in [3.63, 3.8) is 0 Å². The third kappa shape index (κ3) is 3.31. The van der Waals surface area contributed by atoms with Crippen LogP contribution in [0.2, 0.25) is 0 Å². The second-order valence-corrected chi connectivity index (χ2v) is 5.91. The van der Waals surface area contributed by atoms with E-state index < -0.39 is 0 Å². The van der Waals surface area contributed by atoms with Gasteiger partial charge in [0.1, 0.15) is 0 Å². The zero-order chi connectivity index (χ0) is 17.1. The molecule has 1 aromatic heterocycles. The van der Waals surface area contributed by atoms with E-state index in [0.717, 1.165) is 37.5 Å². The Kier molecular flexibility index (Phi) is 4.89. The highest BCUT2D eigenvalue weighted by atomic mass is 16.5. The lowest BCUT2D eigenvalue weighted by Gasteiger charge is -2.18. The van der Waals surface area contributed by atoms with Crippen molar-refractivity contribution in [2.24, 2.45) is 0 Å². The van der Waals surface area contributed by atoms with Gasteiger partial charge in [0.05, 0.1) is 27.2 Å². The minimum Gasteiger partial charge on any atom is -0.493 e. The number of likely N-dealkylation sites (tertiary alicyclic amines) is 1. The fraction of sp³-hybridized carbons (Fsp3) is 0.529. The standard InChI is InChI=1S/C17H23N3O4/c1-11-18-19-17(24-11)13-5-6-20(10-13)9-12-7-14(21-2)16(23-4)15(8-12)22-3/h7-8,13H,5-6,9-10H2,1-4H3. The van der Waals surface area contributed by atoms with Crippen LogP contribution in [-0.4, -0.2) is 49.5 Å². The van der Waals surface area contributed by atoms with Gasteiger partial charge in [0.25, 0.3) is 0 Å². The van der Waals surface area contributed by atoms with Gasteiger partial charge in [-0.25, -0.2) is 0 Å². The molecule has 2 aromatic rings. The van der Waals surface area contributed by atoms with Crippen LogP contribution in [0.4, 0.5) is 0 Å². The summed E-state index contributed by atoms with van der Waals surface area (Å²) in [6, 6.07) is 3.98. The van der Waals surface area contributed by atoms with Crippen molar-refractivity contribution >= 4 is 0 Å². The molecular formula is C17H23N3O4. The summed E-state index contributed by atoms with van der Waals surface area (Å²) in [7, 11) is 4.87. The van der Waals surface area contributed by atoms with E-state index in [2.05, 4.69) is 15.1 Å². The summed E-state index contributed by atoms with van der Waals surface area (Å²) in [5.74, 6) is 3.62. The number of methoxy groups -OCH3 is 3. The van der Waals surface area contributed by atoms with Gasteiger partial charge in [-0.2, -0.15) is 0 Å². The Balaban J connectivity index is 1.72. The van der Waals surface area contributed by atoms with Gasteiger partial charge in [0.15, 0.2) is 11.5 Å². The largest absolute Gasteiger partial charge is 0.493 e. The molecule has 1 aliphatic rings. The molecule has 1 aromatic carbocycles. The molecule has 1 atom stereocenters. The van der Waals surface area contributed by atoms with Crippen molar-refractivity contribution in [1.82, 2.24) is 15.1 Å². The fourth-order valence-corrected chi connectivity index (χ4v) is 3.14.